The van der Waals surface area contributed by atoms with Gasteiger partial charge in [0.1, 0.15) is 5.54 Å². The Kier molecular flexibility index (Phi) is 7.39. The number of tetrazole rings is 1. The average molecular weight is 564 g/mol. The Morgan fingerprint density at radius 2 is 1.18 bits per heavy atom. The highest BCUT2D eigenvalue weighted by Crippen LogP contribution is 2.42. The molecule has 0 saturated heterocycles. The third kappa shape index (κ3) is 4.99. The zero-order valence-electron chi connectivity index (χ0n) is 21.9. The SMILES string of the molecule is CC(C)(C)/C=C(/c1ccc(CBr)cc1)c1nnnn1C(c1ccccc1)(c1ccccc1)c1ccccc1. The number of benzene rings is 4. The normalized spacial score (nSPS) is 12.5. The van der Waals surface area contributed by atoms with Gasteiger partial charge in [-0.3, -0.25) is 0 Å². The Morgan fingerprint density at radius 1 is 0.711 bits per heavy atom. The number of rotatable bonds is 7. The van der Waals surface area contributed by atoms with Gasteiger partial charge in [-0.05, 0) is 43.7 Å². The molecule has 0 fully saturated rings. The van der Waals surface area contributed by atoms with Crippen LogP contribution in [0, 0.1) is 5.41 Å². The van der Waals surface area contributed by atoms with Gasteiger partial charge < -0.3 is 0 Å². The lowest BCUT2D eigenvalue weighted by Crippen LogP contribution is -2.40. The molecule has 5 aromatic rings. The summed E-state index contributed by atoms with van der Waals surface area (Å²) in [6, 6.07) is 40.1. The highest BCUT2D eigenvalue weighted by molar-refractivity contribution is 9.08. The number of halogens is 1. The van der Waals surface area contributed by atoms with Crippen molar-refractivity contribution in [3.05, 3.63) is 155 Å². The van der Waals surface area contributed by atoms with E-state index < -0.39 is 5.54 Å². The molecule has 0 radical (unpaired) electrons. The molecular weight excluding hydrogens is 532 g/mol. The lowest BCUT2D eigenvalue weighted by atomic mass is 9.76. The van der Waals surface area contributed by atoms with Gasteiger partial charge in [0.25, 0.3) is 0 Å². The summed E-state index contributed by atoms with van der Waals surface area (Å²) in [6.07, 6.45) is 2.27. The summed E-state index contributed by atoms with van der Waals surface area (Å²) in [4.78, 5) is 0. The molecule has 0 unspecified atom stereocenters. The van der Waals surface area contributed by atoms with Gasteiger partial charge in [0.15, 0.2) is 5.82 Å². The first-order chi connectivity index (χ1) is 18.4. The molecule has 4 nitrogen and oxygen atoms in total. The van der Waals surface area contributed by atoms with Crippen molar-refractivity contribution >= 4 is 21.5 Å². The Bertz CT molecular complexity index is 1400. The largest absolute Gasteiger partial charge is 0.205 e. The zero-order valence-corrected chi connectivity index (χ0v) is 23.5. The number of nitrogens with zero attached hydrogens (tertiary/aromatic N) is 4. The fourth-order valence-electron chi connectivity index (χ4n) is 4.97. The first kappa shape index (κ1) is 25.8. The lowest BCUT2D eigenvalue weighted by molar-refractivity contribution is 0.442. The number of allylic oxidation sites excluding steroid dienone is 1. The molecule has 190 valence electrons. The number of alkyl halides is 1. The van der Waals surface area contributed by atoms with E-state index in [0.717, 1.165) is 33.2 Å². The summed E-state index contributed by atoms with van der Waals surface area (Å²) in [7, 11) is 0. The van der Waals surface area contributed by atoms with Crippen LogP contribution in [-0.4, -0.2) is 20.2 Å². The van der Waals surface area contributed by atoms with Crippen LogP contribution in [0.1, 0.15) is 54.4 Å². The third-order valence-electron chi connectivity index (χ3n) is 6.60. The minimum Gasteiger partial charge on any atom is -0.205 e. The van der Waals surface area contributed by atoms with Crippen LogP contribution in [0.4, 0.5) is 0 Å². The molecule has 0 aliphatic rings. The number of hydrogen-bond acceptors (Lipinski definition) is 3. The van der Waals surface area contributed by atoms with E-state index in [0.29, 0.717) is 5.82 Å². The van der Waals surface area contributed by atoms with Gasteiger partial charge in [0.2, 0.25) is 0 Å². The summed E-state index contributed by atoms with van der Waals surface area (Å²) in [5, 5.41) is 14.5. The molecule has 4 aromatic carbocycles. The van der Waals surface area contributed by atoms with Crippen LogP contribution in [0.5, 0.6) is 0 Å². The van der Waals surface area contributed by atoms with Crippen LogP contribution in [0.15, 0.2) is 121 Å². The van der Waals surface area contributed by atoms with E-state index in [1.807, 2.05) is 22.9 Å². The lowest BCUT2D eigenvalue weighted by Gasteiger charge is -2.36. The van der Waals surface area contributed by atoms with E-state index in [1.165, 1.54) is 5.56 Å². The Balaban J connectivity index is 1.87. The molecule has 38 heavy (non-hydrogen) atoms. The molecule has 5 heteroatoms. The molecule has 0 bridgehead atoms. The van der Waals surface area contributed by atoms with Crippen molar-refractivity contribution < 1.29 is 0 Å². The zero-order chi connectivity index (χ0) is 26.6. The molecule has 0 aliphatic heterocycles. The minimum atomic E-state index is -0.796. The summed E-state index contributed by atoms with van der Waals surface area (Å²) in [5.74, 6) is 0.711. The number of hydrogen-bond donors (Lipinski definition) is 0. The highest BCUT2D eigenvalue weighted by Gasteiger charge is 2.42. The summed E-state index contributed by atoms with van der Waals surface area (Å²) >= 11 is 3.57. The van der Waals surface area contributed by atoms with Gasteiger partial charge in [0, 0.05) is 10.9 Å². The van der Waals surface area contributed by atoms with Crippen LogP contribution in [0.3, 0.4) is 0 Å². The van der Waals surface area contributed by atoms with Crippen molar-refractivity contribution in [3.63, 3.8) is 0 Å². The van der Waals surface area contributed by atoms with Gasteiger partial charge in [0.05, 0.1) is 0 Å². The van der Waals surface area contributed by atoms with E-state index >= 15 is 0 Å². The topological polar surface area (TPSA) is 43.6 Å². The molecule has 0 N–H and O–H groups in total. The molecule has 0 amide bonds. The van der Waals surface area contributed by atoms with Crippen LogP contribution in [0.2, 0.25) is 0 Å². The van der Waals surface area contributed by atoms with Crippen molar-refractivity contribution in [1.29, 1.82) is 0 Å². The van der Waals surface area contributed by atoms with Gasteiger partial charge >= 0.3 is 0 Å². The van der Waals surface area contributed by atoms with Gasteiger partial charge in [-0.25, -0.2) is 4.68 Å². The molecule has 0 saturated carbocycles. The standard InChI is InChI=1S/C33H31BrN4/c1-32(2,3)23-30(26-21-19-25(24-34)20-22-26)31-35-36-37-38(31)33(27-13-7-4-8-14-27,28-15-9-5-10-16-28)29-17-11-6-12-18-29/h4-23H,24H2,1-3H3/b30-23-. The second kappa shape index (κ2) is 10.9. The molecule has 1 heterocycles. The molecular formula is C33H31BrN4. The highest BCUT2D eigenvalue weighted by atomic mass is 79.9. The molecule has 5 rings (SSSR count). The summed E-state index contributed by atoms with van der Waals surface area (Å²) in [6.45, 7) is 6.60. The van der Waals surface area contributed by atoms with Crippen molar-refractivity contribution in [3.8, 4) is 0 Å². The van der Waals surface area contributed by atoms with Gasteiger partial charge in [-0.15, -0.1) is 5.10 Å². The fraction of sp³-hybridized carbons (Fsp3) is 0.182. The van der Waals surface area contributed by atoms with E-state index in [9.17, 15) is 0 Å². The Labute approximate surface area is 233 Å². The van der Waals surface area contributed by atoms with Crippen LogP contribution in [-0.2, 0) is 10.9 Å². The Hall–Kier alpha value is -3.83. The predicted molar refractivity (Wildman–Crippen MR) is 158 cm³/mol. The van der Waals surface area contributed by atoms with E-state index in [1.54, 1.807) is 0 Å². The Morgan fingerprint density at radius 3 is 1.61 bits per heavy atom. The summed E-state index contributed by atoms with van der Waals surface area (Å²) < 4.78 is 2.00. The van der Waals surface area contributed by atoms with Crippen molar-refractivity contribution in [2.45, 2.75) is 31.6 Å². The molecule has 1 aromatic heterocycles. The van der Waals surface area contributed by atoms with Crippen molar-refractivity contribution in [2.75, 3.05) is 0 Å². The fourth-order valence-corrected chi connectivity index (χ4v) is 5.34. The van der Waals surface area contributed by atoms with E-state index in [4.69, 9.17) is 5.21 Å². The van der Waals surface area contributed by atoms with Gasteiger partial charge in [-0.1, -0.05) is 158 Å². The molecule has 0 atom stereocenters. The van der Waals surface area contributed by atoms with Gasteiger partial charge in [-0.2, -0.15) is 0 Å². The predicted octanol–water partition coefficient (Wildman–Crippen LogP) is 7.89. The maximum atomic E-state index is 4.74. The van der Waals surface area contributed by atoms with E-state index in [2.05, 4.69) is 150 Å². The van der Waals surface area contributed by atoms with Crippen molar-refractivity contribution in [1.82, 2.24) is 20.2 Å². The monoisotopic (exact) mass is 562 g/mol. The van der Waals surface area contributed by atoms with Crippen LogP contribution in [0.25, 0.3) is 5.57 Å². The van der Waals surface area contributed by atoms with Crippen LogP contribution >= 0.6 is 15.9 Å². The average Bonchev–Trinajstić information content (AvgIpc) is 3.43. The van der Waals surface area contributed by atoms with Crippen LogP contribution < -0.4 is 0 Å². The third-order valence-corrected chi connectivity index (χ3v) is 7.25. The second-order valence-electron chi connectivity index (χ2n) is 10.5. The first-order valence-corrected chi connectivity index (χ1v) is 13.9. The first-order valence-electron chi connectivity index (χ1n) is 12.8. The number of aromatic nitrogens is 4. The molecule has 0 aliphatic carbocycles. The van der Waals surface area contributed by atoms with E-state index in [-0.39, 0.29) is 5.41 Å². The maximum Gasteiger partial charge on any atom is 0.183 e. The maximum absolute atomic E-state index is 4.74. The smallest absolute Gasteiger partial charge is 0.183 e. The second-order valence-corrected chi connectivity index (χ2v) is 11.0. The summed E-state index contributed by atoms with van der Waals surface area (Å²) in [5.41, 5.74) is 5.63. The van der Waals surface area contributed by atoms with Crippen molar-refractivity contribution in [2.24, 2.45) is 5.41 Å². The molecule has 0 spiro atoms. The quantitative estimate of drug-likeness (QED) is 0.149. The minimum absolute atomic E-state index is 0.102.